The first-order valence-corrected chi connectivity index (χ1v) is 13.9. The molecule has 1 aromatic heterocycles. The number of carbonyl (C=O) groups is 1. The number of alkyl halides is 3. The normalized spacial score (nSPS) is 21.0. The number of hydrogen-bond donors (Lipinski definition) is 1. The average Bonchev–Trinajstić information content (AvgIpc) is 3.65. The standard InChI is InChI=1S/C30H34F3N5O2/c1-29(8-4-9-29)34-15-20-12-24-25(26(13-20)30(31,32)33)16-38(28(24)39)22-6-3-5-21(14-22)23(11-19-7-10-40-17-19)27-36-35-18-37(27)2/h3,5-6,12-14,18-19,23,34H,4,7-11,15-17H2,1-2H3/t19?,23-/m0/s1. The lowest BCUT2D eigenvalue weighted by Gasteiger charge is -2.39. The van der Waals surface area contributed by atoms with Crippen LogP contribution >= 0.6 is 0 Å². The van der Waals surface area contributed by atoms with Crippen molar-refractivity contribution >= 4 is 11.6 Å². The van der Waals surface area contributed by atoms with Crippen molar-refractivity contribution in [2.45, 2.75) is 69.8 Å². The molecule has 40 heavy (non-hydrogen) atoms. The predicted molar refractivity (Wildman–Crippen MR) is 144 cm³/mol. The molecule has 1 unspecified atom stereocenters. The number of ether oxygens (including phenoxy) is 1. The number of nitrogens with zero attached hydrogens (tertiary/aromatic N) is 4. The van der Waals surface area contributed by atoms with Crippen LogP contribution in [0.25, 0.3) is 0 Å². The Balaban J connectivity index is 1.31. The van der Waals surface area contributed by atoms with Gasteiger partial charge in [0.1, 0.15) is 12.2 Å². The fourth-order valence-electron chi connectivity index (χ4n) is 6.24. The van der Waals surface area contributed by atoms with Gasteiger partial charge in [0.05, 0.1) is 12.1 Å². The summed E-state index contributed by atoms with van der Waals surface area (Å²) in [5, 5.41) is 11.8. The minimum absolute atomic E-state index is 0.0365. The van der Waals surface area contributed by atoms with Crippen LogP contribution in [0.4, 0.5) is 18.9 Å². The van der Waals surface area contributed by atoms with Gasteiger partial charge in [-0.2, -0.15) is 13.2 Å². The number of aromatic nitrogens is 3. The molecular weight excluding hydrogens is 519 g/mol. The van der Waals surface area contributed by atoms with Crippen LogP contribution in [0.3, 0.4) is 0 Å². The average molecular weight is 554 g/mol. The number of anilines is 1. The van der Waals surface area contributed by atoms with Crippen molar-refractivity contribution in [3.05, 3.63) is 76.4 Å². The molecule has 10 heteroatoms. The number of amides is 1. The molecule has 3 aliphatic rings. The first-order valence-electron chi connectivity index (χ1n) is 13.9. The van der Waals surface area contributed by atoms with Crippen LogP contribution in [0.15, 0.2) is 42.7 Å². The molecule has 2 aromatic carbocycles. The summed E-state index contributed by atoms with van der Waals surface area (Å²) in [7, 11) is 1.90. The molecule has 7 nitrogen and oxygen atoms in total. The Morgan fingerprint density at radius 2 is 2.05 bits per heavy atom. The Hall–Kier alpha value is -3.24. The fourth-order valence-corrected chi connectivity index (χ4v) is 6.24. The topological polar surface area (TPSA) is 72.3 Å². The van der Waals surface area contributed by atoms with E-state index >= 15 is 0 Å². The van der Waals surface area contributed by atoms with E-state index < -0.39 is 17.6 Å². The van der Waals surface area contributed by atoms with Gasteiger partial charge < -0.3 is 19.5 Å². The molecule has 1 saturated carbocycles. The SMILES string of the molecule is Cn1cnnc1[C@@H](CC1CCOC1)c1cccc(N2Cc3c(cc(CNC4(C)CCC4)cc3C(F)(F)F)C2=O)c1. The third kappa shape index (κ3) is 5.14. The predicted octanol–water partition coefficient (Wildman–Crippen LogP) is 5.59. The molecule has 0 bridgehead atoms. The molecule has 1 N–H and O–H groups in total. The van der Waals surface area contributed by atoms with Gasteiger partial charge in [0, 0.05) is 49.5 Å². The molecule has 0 spiro atoms. The highest BCUT2D eigenvalue weighted by atomic mass is 19.4. The number of halogens is 3. The second-order valence-electron chi connectivity index (χ2n) is 11.7. The van der Waals surface area contributed by atoms with Crippen LogP contribution < -0.4 is 10.2 Å². The Bertz CT molecular complexity index is 1410. The lowest BCUT2D eigenvalue weighted by atomic mass is 9.78. The van der Waals surface area contributed by atoms with Gasteiger partial charge in [-0.1, -0.05) is 12.1 Å². The van der Waals surface area contributed by atoms with Crippen LogP contribution in [-0.2, 0) is 31.1 Å². The van der Waals surface area contributed by atoms with Crippen LogP contribution in [-0.4, -0.2) is 39.4 Å². The van der Waals surface area contributed by atoms with Crippen molar-refractivity contribution < 1.29 is 22.7 Å². The maximum atomic E-state index is 14.2. The number of hydrogen-bond acceptors (Lipinski definition) is 5. The van der Waals surface area contributed by atoms with Gasteiger partial charge in [-0.05, 0) is 85.9 Å². The molecule has 0 radical (unpaired) electrons. The fraction of sp³-hybridized carbons (Fsp3) is 0.500. The maximum absolute atomic E-state index is 14.2. The number of nitrogens with one attached hydrogen (secondary N) is 1. The van der Waals surface area contributed by atoms with E-state index in [2.05, 4.69) is 22.4 Å². The zero-order valence-corrected chi connectivity index (χ0v) is 22.8. The van der Waals surface area contributed by atoms with Gasteiger partial charge >= 0.3 is 6.18 Å². The highest BCUT2D eigenvalue weighted by Crippen LogP contribution is 2.41. The molecule has 6 rings (SSSR count). The quantitative estimate of drug-likeness (QED) is 0.394. The maximum Gasteiger partial charge on any atom is 0.416 e. The Morgan fingerprint density at radius 3 is 2.70 bits per heavy atom. The number of fused-ring (bicyclic) bond motifs is 1. The van der Waals surface area contributed by atoms with Crippen molar-refractivity contribution in [1.29, 1.82) is 0 Å². The summed E-state index contributed by atoms with van der Waals surface area (Å²) >= 11 is 0. The largest absolute Gasteiger partial charge is 0.416 e. The van der Waals surface area contributed by atoms with Gasteiger partial charge in [-0.15, -0.1) is 10.2 Å². The molecule has 3 heterocycles. The van der Waals surface area contributed by atoms with Crippen molar-refractivity contribution in [1.82, 2.24) is 20.1 Å². The Kier molecular flexibility index (Phi) is 6.94. The number of rotatable bonds is 8. The van der Waals surface area contributed by atoms with E-state index in [-0.39, 0.29) is 29.1 Å². The van der Waals surface area contributed by atoms with E-state index in [4.69, 9.17) is 4.74 Å². The first kappa shape index (κ1) is 27.0. The van der Waals surface area contributed by atoms with Gasteiger partial charge in [0.2, 0.25) is 0 Å². The van der Waals surface area contributed by atoms with Crippen LogP contribution in [0.5, 0.6) is 0 Å². The summed E-state index contributed by atoms with van der Waals surface area (Å²) in [4.78, 5) is 15.1. The summed E-state index contributed by atoms with van der Waals surface area (Å²) in [6.07, 6.45) is 1.97. The van der Waals surface area contributed by atoms with Crippen LogP contribution in [0, 0.1) is 5.92 Å². The van der Waals surface area contributed by atoms with E-state index in [0.29, 0.717) is 30.3 Å². The van der Waals surface area contributed by atoms with Crippen molar-refractivity contribution in [3.8, 4) is 0 Å². The second kappa shape index (κ2) is 10.3. The third-order valence-corrected chi connectivity index (χ3v) is 8.82. The van der Waals surface area contributed by atoms with Crippen LogP contribution in [0.2, 0.25) is 0 Å². The summed E-state index contributed by atoms with van der Waals surface area (Å²) in [6, 6.07) is 10.4. The van der Waals surface area contributed by atoms with Gasteiger partial charge in [-0.25, -0.2) is 0 Å². The molecule has 1 amide bonds. The molecule has 1 saturated heterocycles. The summed E-state index contributed by atoms with van der Waals surface area (Å²) in [5.74, 6) is 0.674. The summed E-state index contributed by atoms with van der Waals surface area (Å²) < 4.78 is 50.1. The third-order valence-electron chi connectivity index (χ3n) is 8.82. The lowest BCUT2D eigenvalue weighted by molar-refractivity contribution is -0.138. The number of aryl methyl sites for hydroxylation is 1. The van der Waals surface area contributed by atoms with E-state index in [9.17, 15) is 18.0 Å². The van der Waals surface area contributed by atoms with E-state index in [1.54, 1.807) is 18.5 Å². The van der Waals surface area contributed by atoms with Gasteiger partial charge in [-0.3, -0.25) is 4.79 Å². The Morgan fingerprint density at radius 1 is 1.23 bits per heavy atom. The first-order chi connectivity index (χ1) is 19.1. The number of carbonyl (C=O) groups excluding carboxylic acids is 1. The van der Waals surface area contributed by atoms with Gasteiger partial charge in [0.25, 0.3) is 5.91 Å². The highest BCUT2D eigenvalue weighted by Gasteiger charge is 2.41. The molecule has 3 aromatic rings. The Labute approximate surface area is 231 Å². The minimum Gasteiger partial charge on any atom is -0.381 e. The van der Waals surface area contributed by atoms with Gasteiger partial charge in [0.15, 0.2) is 0 Å². The summed E-state index contributed by atoms with van der Waals surface area (Å²) in [5.41, 5.74) is 1.37. The lowest BCUT2D eigenvalue weighted by Crippen LogP contribution is -2.47. The monoisotopic (exact) mass is 553 g/mol. The summed E-state index contributed by atoms with van der Waals surface area (Å²) in [6.45, 7) is 3.67. The molecule has 1 aliphatic carbocycles. The minimum atomic E-state index is -4.56. The van der Waals surface area contributed by atoms with Crippen molar-refractivity contribution in [2.75, 3.05) is 18.1 Å². The molecule has 2 atom stereocenters. The smallest absolute Gasteiger partial charge is 0.381 e. The molecule has 2 fully saturated rings. The number of benzene rings is 2. The zero-order valence-electron chi connectivity index (χ0n) is 22.8. The van der Waals surface area contributed by atoms with E-state index in [1.807, 2.05) is 29.8 Å². The second-order valence-corrected chi connectivity index (χ2v) is 11.7. The molecule has 2 aliphatic heterocycles. The van der Waals surface area contributed by atoms with Crippen LogP contribution in [0.1, 0.15) is 83.4 Å². The molecule has 212 valence electrons. The van der Waals surface area contributed by atoms with Crippen molar-refractivity contribution in [2.24, 2.45) is 13.0 Å². The zero-order chi connectivity index (χ0) is 28.1. The highest BCUT2D eigenvalue weighted by molar-refractivity contribution is 6.10. The molecular formula is C30H34F3N5O2. The van der Waals surface area contributed by atoms with E-state index in [0.717, 1.165) is 50.1 Å². The van der Waals surface area contributed by atoms with Crippen molar-refractivity contribution in [3.63, 3.8) is 0 Å². The van der Waals surface area contributed by atoms with E-state index in [1.165, 1.54) is 11.0 Å².